The lowest BCUT2D eigenvalue weighted by Gasteiger charge is -2.10. The van der Waals surface area contributed by atoms with E-state index in [4.69, 9.17) is 33.7 Å². The van der Waals surface area contributed by atoms with E-state index in [0.29, 0.717) is 17.1 Å². The summed E-state index contributed by atoms with van der Waals surface area (Å²) in [5, 5.41) is 3.11. The summed E-state index contributed by atoms with van der Waals surface area (Å²) >= 11 is 11.8. The maximum absolute atomic E-state index is 12.1. The molecule has 0 aliphatic rings. The van der Waals surface area contributed by atoms with Crippen LogP contribution in [-0.4, -0.2) is 18.0 Å². The molecule has 0 aliphatic heterocycles. The fourth-order valence-electron chi connectivity index (χ4n) is 1.56. The lowest BCUT2D eigenvalue weighted by molar-refractivity contribution is 0.102. The van der Waals surface area contributed by atoms with E-state index < -0.39 is 0 Å². The van der Waals surface area contributed by atoms with Crippen molar-refractivity contribution in [3.8, 4) is 5.88 Å². The second kappa shape index (κ2) is 5.98. The van der Waals surface area contributed by atoms with Crippen LogP contribution in [0, 0.1) is 0 Å². The summed E-state index contributed by atoms with van der Waals surface area (Å²) < 4.78 is 5.05. The average molecular weight is 312 g/mol. The Bertz CT molecular complexity index is 639. The summed E-state index contributed by atoms with van der Waals surface area (Å²) in [6.45, 7) is 0. The van der Waals surface area contributed by atoms with Crippen LogP contribution in [0.3, 0.4) is 0 Å². The number of amides is 1. The number of rotatable bonds is 3. The Hall–Kier alpha value is -1.98. The number of aromatic nitrogens is 1. The summed E-state index contributed by atoms with van der Waals surface area (Å²) in [6.07, 6.45) is 1.56. The third kappa shape index (κ3) is 2.95. The molecule has 1 aromatic heterocycles. The Morgan fingerprint density at radius 3 is 2.60 bits per heavy atom. The van der Waals surface area contributed by atoms with Gasteiger partial charge in [-0.3, -0.25) is 4.79 Å². The number of nitrogens with two attached hydrogens (primary N) is 1. The van der Waals surface area contributed by atoms with Crippen molar-refractivity contribution in [1.29, 1.82) is 0 Å². The van der Waals surface area contributed by atoms with E-state index >= 15 is 0 Å². The van der Waals surface area contributed by atoms with Gasteiger partial charge in [-0.1, -0.05) is 23.2 Å². The zero-order valence-corrected chi connectivity index (χ0v) is 12.0. The number of anilines is 2. The van der Waals surface area contributed by atoms with Gasteiger partial charge in [0, 0.05) is 11.8 Å². The molecule has 2 rings (SSSR count). The Kier molecular flexibility index (Phi) is 4.32. The standard InChI is InChI=1S/C13H11Cl2N3O2/c1-20-13-10(3-2-4-17-13)18-12(19)7-5-8(14)11(16)9(15)6-7/h2-6H,16H2,1H3,(H,18,19). The number of hydrogen-bond acceptors (Lipinski definition) is 4. The number of ether oxygens (including phenoxy) is 1. The second-order valence-electron chi connectivity index (χ2n) is 3.87. The quantitative estimate of drug-likeness (QED) is 0.853. The van der Waals surface area contributed by atoms with Crippen molar-refractivity contribution in [3.63, 3.8) is 0 Å². The third-order valence-corrected chi connectivity index (χ3v) is 3.18. The minimum atomic E-state index is -0.389. The number of methoxy groups -OCH3 is 1. The monoisotopic (exact) mass is 311 g/mol. The van der Waals surface area contributed by atoms with Crippen LogP contribution in [-0.2, 0) is 0 Å². The molecule has 2 aromatic rings. The number of nitrogens with zero attached hydrogens (tertiary/aromatic N) is 1. The number of hydrogen-bond donors (Lipinski definition) is 2. The number of benzene rings is 1. The third-order valence-electron chi connectivity index (χ3n) is 2.55. The summed E-state index contributed by atoms with van der Waals surface area (Å²) in [5.74, 6) is -0.0754. The molecule has 0 unspecified atom stereocenters. The van der Waals surface area contributed by atoms with Gasteiger partial charge in [-0.2, -0.15) is 0 Å². The molecule has 7 heteroatoms. The molecule has 0 aliphatic carbocycles. The van der Waals surface area contributed by atoms with E-state index in [2.05, 4.69) is 10.3 Å². The summed E-state index contributed by atoms with van der Waals surface area (Å²) in [4.78, 5) is 16.1. The first kappa shape index (κ1) is 14.4. The lowest BCUT2D eigenvalue weighted by atomic mass is 10.2. The van der Waals surface area contributed by atoms with E-state index in [1.54, 1.807) is 18.3 Å². The molecule has 0 radical (unpaired) electrons. The molecular formula is C13H11Cl2N3O2. The van der Waals surface area contributed by atoms with Crippen LogP contribution < -0.4 is 15.8 Å². The van der Waals surface area contributed by atoms with Gasteiger partial charge in [-0.15, -0.1) is 0 Å². The van der Waals surface area contributed by atoms with Crippen molar-refractivity contribution < 1.29 is 9.53 Å². The first-order valence-corrected chi connectivity index (χ1v) is 6.33. The highest BCUT2D eigenvalue weighted by molar-refractivity contribution is 6.39. The fraction of sp³-hybridized carbons (Fsp3) is 0.0769. The Balaban J connectivity index is 2.29. The normalized spacial score (nSPS) is 10.2. The first-order valence-electron chi connectivity index (χ1n) is 5.57. The van der Waals surface area contributed by atoms with Crippen LogP contribution in [0.2, 0.25) is 10.0 Å². The average Bonchev–Trinajstić information content (AvgIpc) is 2.44. The molecular weight excluding hydrogens is 301 g/mol. The number of pyridine rings is 1. The summed E-state index contributed by atoms with van der Waals surface area (Å²) in [7, 11) is 1.47. The highest BCUT2D eigenvalue weighted by Crippen LogP contribution is 2.29. The van der Waals surface area contributed by atoms with Crippen molar-refractivity contribution in [2.75, 3.05) is 18.2 Å². The van der Waals surface area contributed by atoms with Gasteiger partial charge in [0.05, 0.1) is 22.8 Å². The topological polar surface area (TPSA) is 77.2 Å². The molecule has 5 nitrogen and oxygen atoms in total. The SMILES string of the molecule is COc1ncccc1NC(=O)c1cc(Cl)c(N)c(Cl)c1. The van der Waals surface area contributed by atoms with Gasteiger partial charge in [0.15, 0.2) is 0 Å². The maximum atomic E-state index is 12.1. The minimum Gasteiger partial charge on any atom is -0.480 e. The molecule has 0 saturated carbocycles. The molecule has 0 saturated heterocycles. The maximum Gasteiger partial charge on any atom is 0.255 e. The number of nitrogen functional groups attached to an aromatic ring is 1. The van der Waals surface area contributed by atoms with Crippen molar-refractivity contribution in [2.24, 2.45) is 0 Å². The highest BCUT2D eigenvalue weighted by Gasteiger charge is 2.13. The smallest absolute Gasteiger partial charge is 0.255 e. The van der Waals surface area contributed by atoms with Crippen LogP contribution in [0.1, 0.15) is 10.4 Å². The predicted molar refractivity (Wildman–Crippen MR) is 79.6 cm³/mol. The van der Waals surface area contributed by atoms with E-state index in [1.165, 1.54) is 19.2 Å². The van der Waals surface area contributed by atoms with Crippen molar-refractivity contribution in [3.05, 3.63) is 46.1 Å². The van der Waals surface area contributed by atoms with E-state index in [9.17, 15) is 4.79 Å². The van der Waals surface area contributed by atoms with Crippen LogP contribution in [0.5, 0.6) is 5.88 Å². The Morgan fingerprint density at radius 1 is 1.35 bits per heavy atom. The van der Waals surface area contributed by atoms with Gasteiger partial charge in [0.1, 0.15) is 5.69 Å². The molecule has 3 N–H and O–H groups in total. The van der Waals surface area contributed by atoms with Crippen LogP contribution in [0.25, 0.3) is 0 Å². The minimum absolute atomic E-state index is 0.223. The Labute approximate surface area is 125 Å². The second-order valence-corrected chi connectivity index (χ2v) is 4.68. The van der Waals surface area contributed by atoms with Crippen LogP contribution in [0.4, 0.5) is 11.4 Å². The van der Waals surface area contributed by atoms with Gasteiger partial charge in [0.25, 0.3) is 5.91 Å². The molecule has 0 fully saturated rings. The van der Waals surface area contributed by atoms with Crippen molar-refractivity contribution in [1.82, 2.24) is 4.98 Å². The highest BCUT2D eigenvalue weighted by atomic mass is 35.5. The van der Waals surface area contributed by atoms with Gasteiger partial charge >= 0.3 is 0 Å². The molecule has 1 aromatic carbocycles. The number of halogens is 2. The predicted octanol–water partition coefficient (Wildman–Crippen LogP) is 3.23. The van der Waals surface area contributed by atoms with Crippen molar-refractivity contribution >= 4 is 40.5 Å². The van der Waals surface area contributed by atoms with E-state index in [-0.39, 0.29) is 21.6 Å². The lowest BCUT2D eigenvalue weighted by Crippen LogP contribution is -2.13. The molecule has 0 atom stereocenters. The van der Waals surface area contributed by atoms with Gasteiger partial charge in [-0.05, 0) is 24.3 Å². The largest absolute Gasteiger partial charge is 0.480 e. The van der Waals surface area contributed by atoms with Gasteiger partial charge < -0.3 is 15.8 Å². The number of carbonyl (C=O) groups is 1. The molecule has 0 bridgehead atoms. The van der Waals surface area contributed by atoms with Crippen molar-refractivity contribution in [2.45, 2.75) is 0 Å². The number of nitrogens with one attached hydrogen (secondary N) is 1. The molecule has 0 spiro atoms. The zero-order chi connectivity index (χ0) is 14.7. The molecule has 104 valence electrons. The van der Waals surface area contributed by atoms with Crippen LogP contribution in [0.15, 0.2) is 30.5 Å². The summed E-state index contributed by atoms with van der Waals surface area (Å²) in [5.41, 5.74) is 6.60. The first-order chi connectivity index (χ1) is 9.52. The van der Waals surface area contributed by atoms with Gasteiger partial charge in [-0.25, -0.2) is 4.98 Å². The van der Waals surface area contributed by atoms with Gasteiger partial charge in [0.2, 0.25) is 5.88 Å². The zero-order valence-electron chi connectivity index (χ0n) is 10.5. The van der Waals surface area contributed by atoms with E-state index in [0.717, 1.165) is 0 Å². The summed E-state index contributed by atoms with van der Waals surface area (Å²) in [6, 6.07) is 6.24. The molecule has 20 heavy (non-hydrogen) atoms. The van der Waals surface area contributed by atoms with Crippen LogP contribution >= 0.6 is 23.2 Å². The Morgan fingerprint density at radius 2 is 2.00 bits per heavy atom. The molecule has 1 amide bonds. The molecule has 1 heterocycles. The fourth-order valence-corrected chi connectivity index (χ4v) is 2.05. The number of carbonyl (C=O) groups excluding carboxylic acids is 1. The van der Waals surface area contributed by atoms with E-state index in [1.807, 2.05) is 0 Å².